The van der Waals surface area contributed by atoms with Crippen molar-refractivity contribution in [1.82, 2.24) is 4.72 Å². The molecule has 0 aliphatic carbocycles. The zero-order valence-electron chi connectivity index (χ0n) is 14.8. The molecule has 0 radical (unpaired) electrons. The lowest BCUT2D eigenvalue weighted by Gasteiger charge is -2.22. The summed E-state index contributed by atoms with van der Waals surface area (Å²) in [5.74, 6) is 0. The molecule has 1 N–H and O–H groups in total. The van der Waals surface area contributed by atoms with Gasteiger partial charge in [0.2, 0.25) is 10.0 Å². The molecule has 0 unspecified atom stereocenters. The van der Waals surface area contributed by atoms with Gasteiger partial charge in [0.25, 0.3) is 0 Å². The van der Waals surface area contributed by atoms with Gasteiger partial charge in [0.15, 0.2) is 0 Å². The molecule has 1 saturated heterocycles. The SMILES string of the molecule is O=S(=O)(NCCc1ccc(N2CCCCCC2)cc1)c1ccc(Cl)cc1. The van der Waals surface area contributed by atoms with Crippen LogP contribution < -0.4 is 9.62 Å². The number of sulfonamides is 1. The topological polar surface area (TPSA) is 49.4 Å². The highest BCUT2D eigenvalue weighted by Gasteiger charge is 2.13. The summed E-state index contributed by atoms with van der Waals surface area (Å²) in [7, 11) is -3.49. The molecule has 0 aromatic heterocycles. The van der Waals surface area contributed by atoms with Crippen LogP contribution in [0, 0.1) is 0 Å². The average Bonchev–Trinajstić information content (AvgIpc) is 2.92. The summed E-state index contributed by atoms with van der Waals surface area (Å²) in [6, 6.07) is 14.7. The maximum atomic E-state index is 12.3. The van der Waals surface area contributed by atoms with Gasteiger partial charge in [-0.1, -0.05) is 36.6 Å². The molecule has 3 rings (SSSR count). The Morgan fingerprint density at radius 2 is 1.50 bits per heavy atom. The Labute approximate surface area is 161 Å². The van der Waals surface area contributed by atoms with Crippen LogP contribution in [0.15, 0.2) is 53.4 Å². The first-order valence-electron chi connectivity index (χ1n) is 9.14. The van der Waals surface area contributed by atoms with E-state index < -0.39 is 10.0 Å². The van der Waals surface area contributed by atoms with Crippen LogP contribution in [-0.4, -0.2) is 28.1 Å². The van der Waals surface area contributed by atoms with Crippen molar-refractivity contribution in [3.05, 3.63) is 59.1 Å². The summed E-state index contributed by atoms with van der Waals surface area (Å²) in [6.07, 6.45) is 5.82. The second kappa shape index (κ2) is 8.89. The first kappa shape index (κ1) is 19.2. The average molecular weight is 393 g/mol. The van der Waals surface area contributed by atoms with Gasteiger partial charge in [-0.2, -0.15) is 0 Å². The predicted octanol–water partition coefficient (Wildman–Crippen LogP) is 4.24. The molecule has 1 fully saturated rings. The molecule has 4 nitrogen and oxygen atoms in total. The molecule has 0 bridgehead atoms. The van der Waals surface area contributed by atoms with Crippen molar-refractivity contribution in [3.8, 4) is 0 Å². The predicted molar refractivity (Wildman–Crippen MR) is 107 cm³/mol. The fourth-order valence-corrected chi connectivity index (χ4v) is 4.39. The summed E-state index contributed by atoms with van der Waals surface area (Å²) in [6.45, 7) is 2.62. The maximum Gasteiger partial charge on any atom is 0.240 e. The van der Waals surface area contributed by atoms with Crippen molar-refractivity contribution in [1.29, 1.82) is 0 Å². The van der Waals surface area contributed by atoms with Crippen LogP contribution >= 0.6 is 11.6 Å². The van der Waals surface area contributed by atoms with Crippen molar-refractivity contribution < 1.29 is 8.42 Å². The molecule has 0 spiro atoms. The molecule has 2 aromatic carbocycles. The highest BCUT2D eigenvalue weighted by atomic mass is 35.5. The van der Waals surface area contributed by atoms with E-state index >= 15 is 0 Å². The van der Waals surface area contributed by atoms with Crippen LogP contribution in [0.2, 0.25) is 5.02 Å². The number of rotatable bonds is 6. The fourth-order valence-electron chi connectivity index (χ4n) is 3.23. The number of anilines is 1. The van der Waals surface area contributed by atoms with Gasteiger partial charge >= 0.3 is 0 Å². The molecule has 0 amide bonds. The van der Waals surface area contributed by atoms with Crippen LogP contribution in [0.4, 0.5) is 5.69 Å². The second-order valence-corrected chi connectivity index (χ2v) is 8.87. The third kappa shape index (κ3) is 5.22. The first-order chi connectivity index (χ1) is 12.5. The van der Waals surface area contributed by atoms with E-state index in [0.29, 0.717) is 18.0 Å². The zero-order chi connectivity index (χ0) is 18.4. The van der Waals surface area contributed by atoms with Crippen molar-refractivity contribution in [2.24, 2.45) is 0 Å². The molecule has 1 aliphatic rings. The lowest BCUT2D eigenvalue weighted by atomic mass is 10.1. The Morgan fingerprint density at radius 1 is 0.885 bits per heavy atom. The van der Waals surface area contributed by atoms with Gasteiger partial charge in [0, 0.05) is 30.3 Å². The molecular weight excluding hydrogens is 368 g/mol. The van der Waals surface area contributed by atoms with Crippen molar-refractivity contribution in [3.63, 3.8) is 0 Å². The first-order valence-corrected chi connectivity index (χ1v) is 11.0. The number of benzene rings is 2. The third-order valence-electron chi connectivity index (χ3n) is 4.74. The van der Waals surface area contributed by atoms with Crippen molar-refractivity contribution in [2.75, 3.05) is 24.5 Å². The van der Waals surface area contributed by atoms with E-state index in [1.54, 1.807) is 12.1 Å². The van der Waals surface area contributed by atoms with E-state index in [1.807, 2.05) is 0 Å². The Kier molecular flexibility index (Phi) is 6.57. The smallest absolute Gasteiger partial charge is 0.240 e. The highest BCUT2D eigenvalue weighted by molar-refractivity contribution is 7.89. The van der Waals surface area contributed by atoms with Gasteiger partial charge in [0.1, 0.15) is 0 Å². The van der Waals surface area contributed by atoms with E-state index in [2.05, 4.69) is 33.9 Å². The Balaban J connectivity index is 1.54. The number of nitrogens with one attached hydrogen (secondary N) is 1. The monoisotopic (exact) mass is 392 g/mol. The fraction of sp³-hybridized carbons (Fsp3) is 0.400. The molecule has 6 heteroatoms. The molecule has 2 aromatic rings. The van der Waals surface area contributed by atoms with Gasteiger partial charge in [-0.3, -0.25) is 0 Å². The number of nitrogens with zero attached hydrogens (tertiary/aromatic N) is 1. The normalized spacial score (nSPS) is 15.7. The van der Waals surface area contributed by atoms with Crippen LogP contribution in [-0.2, 0) is 16.4 Å². The minimum absolute atomic E-state index is 0.235. The number of hydrogen-bond donors (Lipinski definition) is 1. The van der Waals surface area contributed by atoms with Gasteiger partial charge < -0.3 is 4.90 Å². The van der Waals surface area contributed by atoms with E-state index in [4.69, 9.17) is 11.6 Å². The summed E-state index contributed by atoms with van der Waals surface area (Å²) in [5, 5.41) is 0.522. The third-order valence-corrected chi connectivity index (χ3v) is 6.47. The minimum Gasteiger partial charge on any atom is -0.372 e. The lowest BCUT2D eigenvalue weighted by molar-refractivity contribution is 0.581. The van der Waals surface area contributed by atoms with Crippen LogP contribution in [0.5, 0.6) is 0 Å². The summed E-state index contributed by atoms with van der Waals surface area (Å²) >= 11 is 5.81. The van der Waals surface area contributed by atoms with E-state index in [1.165, 1.54) is 43.5 Å². The number of hydrogen-bond acceptors (Lipinski definition) is 3. The molecule has 0 saturated carbocycles. The largest absolute Gasteiger partial charge is 0.372 e. The van der Waals surface area contributed by atoms with Crippen LogP contribution in [0.1, 0.15) is 31.2 Å². The molecule has 140 valence electrons. The quantitative estimate of drug-likeness (QED) is 0.799. The molecule has 1 heterocycles. The maximum absolute atomic E-state index is 12.3. The summed E-state index contributed by atoms with van der Waals surface area (Å²) < 4.78 is 27.2. The van der Waals surface area contributed by atoms with Gasteiger partial charge in [-0.25, -0.2) is 13.1 Å². The second-order valence-electron chi connectivity index (χ2n) is 6.67. The molecule has 0 atom stereocenters. The van der Waals surface area contributed by atoms with E-state index in [-0.39, 0.29) is 4.90 Å². The minimum atomic E-state index is -3.49. The number of halogens is 1. The van der Waals surface area contributed by atoms with E-state index in [9.17, 15) is 8.42 Å². The van der Waals surface area contributed by atoms with Crippen LogP contribution in [0.25, 0.3) is 0 Å². The van der Waals surface area contributed by atoms with E-state index in [0.717, 1.165) is 18.7 Å². The van der Waals surface area contributed by atoms with Crippen LogP contribution in [0.3, 0.4) is 0 Å². The standard InChI is InChI=1S/C20H25ClN2O2S/c21-18-7-11-20(12-8-18)26(24,25)22-14-13-17-5-9-19(10-6-17)23-15-3-1-2-4-16-23/h5-12,22H,1-4,13-16H2. The highest BCUT2D eigenvalue weighted by Crippen LogP contribution is 2.20. The van der Waals surface area contributed by atoms with Crippen molar-refractivity contribution in [2.45, 2.75) is 37.0 Å². The van der Waals surface area contributed by atoms with Gasteiger partial charge in [-0.15, -0.1) is 0 Å². The molecular formula is C20H25ClN2O2S. The molecule has 1 aliphatic heterocycles. The van der Waals surface area contributed by atoms with Gasteiger partial charge in [-0.05, 0) is 61.2 Å². The van der Waals surface area contributed by atoms with Gasteiger partial charge in [0.05, 0.1) is 4.90 Å². The molecule has 26 heavy (non-hydrogen) atoms. The lowest BCUT2D eigenvalue weighted by Crippen LogP contribution is -2.26. The zero-order valence-corrected chi connectivity index (χ0v) is 16.4. The Bertz CT molecular complexity index is 797. The van der Waals surface area contributed by atoms with Crippen molar-refractivity contribution >= 4 is 27.3 Å². The Hall–Kier alpha value is -1.56. The summed E-state index contributed by atoms with van der Waals surface area (Å²) in [5.41, 5.74) is 2.39. The summed E-state index contributed by atoms with van der Waals surface area (Å²) in [4.78, 5) is 2.68. The Morgan fingerprint density at radius 3 is 2.12 bits per heavy atom.